The molecule has 2 aromatic rings. The molecule has 0 saturated heterocycles. The van der Waals surface area contributed by atoms with Crippen molar-refractivity contribution in [2.75, 3.05) is 20.8 Å². The Hall–Kier alpha value is -1.47. The van der Waals surface area contributed by atoms with E-state index in [1.54, 1.807) is 20.3 Å². The zero-order valence-corrected chi connectivity index (χ0v) is 17.7. The van der Waals surface area contributed by atoms with E-state index >= 15 is 0 Å². The summed E-state index contributed by atoms with van der Waals surface area (Å²) in [5.74, 6) is 1.06. The van der Waals surface area contributed by atoms with Gasteiger partial charge in [-0.2, -0.15) is 0 Å². The molecule has 6 heteroatoms. The predicted molar refractivity (Wildman–Crippen MR) is 112 cm³/mol. The normalized spacial score (nSPS) is 15.1. The lowest BCUT2D eigenvalue weighted by atomic mass is 9.64. The van der Waals surface area contributed by atoms with Crippen LogP contribution < -0.4 is 14.8 Å². The zero-order chi connectivity index (χ0) is 18.7. The standard InChI is InChI=1S/C20H21ClINO3/c1-25-17-10-15(16(22)11-18(17)26-2)19(24)23-12-20(8-3-9-20)13-4-6-14(21)7-5-13/h4-7,10-11H,3,8-9,12H2,1-2H3,(H,23,24). The summed E-state index contributed by atoms with van der Waals surface area (Å²) in [5.41, 5.74) is 1.83. The van der Waals surface area contributed by atoms with Crippen LogP contribution in [0.25, 0.3) is 0 Å². The van der Waals surface area contributed by atoms with Gasteiger partial charge < -0.3 is 14.8 Å². The number of hydrogen-bond donors (Lipinski definition) is 1. The molecular weight excluding hydrogens is 465 g/mol. The van der Waals surface area contributed by atoms with E-state index < -0.39 is 0 Å². The Kier molecular flexibility index (Phi) is 5.97. The lowest BCUT2D eigenvalue weighted by Crippen LogP contribution is -2.45. The number of hydrogen-bond acceptors (Lipinski definition) is 3. The first kappa shape index (κ1) is 19.3. The highest BCUT2D eigenvalue weighted by molar-refractivity contribution is 14.1. The average Bonchev–Trinajstić information content (AvgIpc) is 2.61. The fourth-order valence-electron chi connectivity index (χ4n) is 3.35. The third kappa shape index (κ3) is 3.78. The van der Waals surface area contributed by atoms with Crippen LogP contribution in [0.1, 0.15) is 35.2 Å². The summed E-state index contributed by atoms with van der Waals surface area (Å²) in [6, 6.07) is 11.5. The molecule has 26 heavy (non-hydrogen) atoms. The summed E-state index contributed by atoms with van der Waals surface area (Å²) < 4.78 is 11.4. The molecule has 4 nitrogen and oxygen atoms in total. The number of halogens is 2. The molecule has 1 amide bonds. The first-order valence-electron chi connectivity index (χ1n) is 8.45. The second kappa shape index (κ2) is 8.05. The Bertz CT molecular complexity index is 803. The average molecular weight is 486 g/mol. The molecule has 0 radical (unpaired) electrons. The van der Waals surface area contributed by atoms with Crippen molar-refractivity contribution in [3.63, 3.8) is 0 Å². The van der Waals surface area contributed by atoms with Crippen LogP contribution in [0.2, 0.25) is 5.02 Å². The number of nitrogens with one attached hydrogen (secondary N) is 1. The van der Waals surface area contributed by atoms with Gasteiger partial charge in [0.15, 0.2) is 11.5 Å². The van der Waals surface area contributed by atoms with Crippen LogP contribution in [0, 0.1) is 3.57 Å². The monoisotopic (exact) mass is 485 g/mol. The largest absolute Gasteiger partial charge is 0.493 e. The first-order valence-corrected chi connectivity index (χ1v) is 9.90. The van der Waals surface area contributed by atoms with Gasteiger partial charge in [0.25, 0.3) is 5.91 Å². The number of carbonyl (C=O) groups excluding carboxylic acids is 1. The topological polar surface area (TPSA) is 47.6 Å². The van der Waals surface area contributed by atoms with Crippen LogP contribution in [-0.2, 0) is 5.41 Å². The van der Waals surface area contributed by atoms with Gasteiger partial charge in [0.1, 0.15) is 0 Å². The minimum absolute atomic E-state index is 0.00222. The molecule has 0 heterocycles. The fourth-order valence-corrected chi connectivity index (χ4v) is 4.16. The van der Waals surface area contributed by atoms with Crippen molar-refractivity contribution < 1.29 is 14.3 Å². The van der Waals surface area contributed by atoms with Gasteiger partial charge in [-0.3, -0.25) is 4.79 Å². The van der Waals surface area contributed by atoms with E-state index in [-0.39, 0.29) is 11.3 Å². The number of carbonyl (C=O) groups is 1. The lowest BCUT2D eigenvalue weighted by molar-refractivity contribution is 0.0926. The molecule has 1 saturated carbocycles. The van der Waals surface area contributed by atoms with Crippen molar-refractivity contribution in [3.8, 4) is 11.5 Å². The fraction of sp³-hybridized carbons (Fsp3) is 0.350. The van der Waals surface area contributed by atoms with Gasteiger partial charge in [-0.1, -0.05) is 30.2 Å². The molecule has 0 aliphatic heterocycles. The summed E-state index contributed by atoms with van der Waals surface area (Å²) in [5, 5.41) is 3.84. The third-order valence-electron chi connectivity index (χ3n) is 5.07. The van der Waals surface area contributed by atoms with Gasteiger partial charge in [-0.05, 0) is 65.3 Å². The van der Waals surface area contributed by atoms with E-state index in [0.717, 1.165) is 21.4 Å². The van der Waals surface area contributed by atoms with Crippen LogP contribution in [-0.4, -0.2) is 26.7 Å². The number of rotatable bonds is 6. The maximum Gasteiger partial charge on any atom is 0.252 e. The smallest absolute Gasteiger partial charge is 0.252 e. The molecule has 1 aliphatic rings. The van der Waals surface area contributed by atoms with E-state index in [4.69, 9.17) is 21.1 Å². The summed E-state index contributed by atoms with van der Waals surface area (Å²) >= 11 is 8.15. The number of amides is 1. The molecule has 1 aliphatic carbocycles. The SMILES string of the molecule is COc1cc(I)c(C(=O)NCC2(c3ccc(Cl)cc3)CCC2)cc1OC. The highest BCUT2D eigenvalue weighted by Crippen LogP contribution is 2.43. The summed E-state index contributed by atoms with van der Waals surface area (Å²) in [7, 11) is 3.15. The van der Waals surface area contributed by atoms with Crippen LogP contribution in [0.3, 0.4) is 0 Å². The maximum atomic E-state index is 12.8. The van der Waals surface area contributed by atoms with Crippen molar-refractivity contribution in [1.29, 1.82) is 0 Å². The van der Waals surface area contributed by atoms with Crippen molar-refractivity contribution >= 4 is 40.1 Å². The summed E-state index contributed by atoms with van der Waals surface area (Å²) in [4.78, 5) is 12.8. The van der Waals surface area contributed by atoms with Gasteiger partial charge in [0.05, 0.1) is 19.8 Å². The predicted octanol–water partition coefficient (Wildman–Crippen LogP) is 4.81. The molecule has 0 unspecified atom stereocenters. The highest BCUT2D eigenvalue weighted by atomic mass is 127. The Morgan fingerprint density at radius 1 is 1.15 bits per heavy atom. The van der Waals surface area contributed by atoms with Crippen molar-refractivity contribution in [2.24, 2.45) is 0 Å². The van der Waals surface area contributed by atoms with Crippen molar-refractivity contribution in [1.82, 2.24) is 5.32 Å². The van der Waals surface area contributed by atoms with Crippen LogP contribution in [0.4, 0.5) is 0 Å². The molecule has 0 spiro atoms. The van der Waals surface area contributed by atoms with Crippen LogP contribution in [0.15, 0.2) is 36.4 Å². The van der Waals surface area contributed by atoms with Gasteiger partial charge in [0, 0.05) is 20.6 Å². The van der Waals surface area contributed by atoms with Crippen LogP contribution >= 0.6 is 34.2 Å². The van der Waals surface area contributed by atoms with E-state index in [0.29, 0.717) is 23.6 Å². The molecular formula is C20H21ClINO3. The number of benzene rings is 2. The molecule has 1 N–H and O–H groups in total. The number of methoxy groups -OCH3 is 2. The van der Waals surface area contributed by atoms with Gasteiger partial charge in [0.2, 0.25) is 0 Å². The summed E-state index contributed by atoms with van der Waals surface area (Å²) in [6.45, 7) is 0.609. The molecule has 0 atom stereocenters. The Morgan fingerprint density at radius 3 is 2.31 bits per heavy atom. The van der Waals surface area contributed by atoms with Crippen molar-refractivity contribution in [2.45, 2.75) is 24.7 Å². The second-order valence-corrected chi connectivity index (χ2v) is 8.11. The number of ether oxygens (including phenoxy) is 2. The minimum atomic E-state index is -0.101. The first-order chi connectivity index (χ1) is 12.5. The summed E-state index contributed by atoms with van der Waals surface area (Å²) in [6.07, 6.45) is 3.31. The molecule has 0 bridgehead atoms. The highest BCUT2D eigenvalue weighted by Gasteiger charge is 2.39. The van der Waals surface area contributed by atoms with Gasteiger partial charge in [-0.25, -0.2) is 0 Å². The molecule has 138 valence electrons. The minimum Gasteiger partial charge on any atom is -0.493 e. The third-order valence-corrected chi connectivity index (χ3v) is 6.22. The molecule has 1 fully saturated rings. The van der Waals surface area contributed by atoms with Crippen LogP contribution in [0.5, 0.6) is 11.5 Å². The molecule has 0 aromatic heterocycles. The van der Waals surface area contributed by atoms with Gasteiger partial charge in [-0.15, -0.1) is 0 Å². The Labute approximate surface area is 172 Å². The van der Waals surface area contributed by atoms with E-state index in [1.165, 1.54) is 12.0 Å². The van der Waals surface area contributed by atoms with E-state index in [2.05, 4.69) is 40.0 Å². The quantitative estimate of drug-likeness (QED) is 0.597. The Balaban J connectivity index is 1.77. The zero-order valence-electron chi connectivity index (χ0n) is 14.8. The van der Waals surface area contributed by atoms with Crippen molar-refractivity contribution in [3.05, 3.63) is 56.1 Å². The van der Waals surface area contributed by atoms with E-state index in [9.17, 15) is 4.79 Å². The molecule has 2 aromatic carbocycles. The second-order valence-electron chi connectivity index (χ2n) is 6.51. The molecule has 3 rings (SSSR count). The lowest BCUT2D eigenvalue weighted by Gasteiger charge is -2.42. The van der Waals surface area contributed by atoms with E-state index in [1.807, 2.05) is 18.2 Å². The van der Waals surface area contributed by atoms with Gasteiger partial charge >= 0.3 is 0 Å². The Morgan fingerprint density at radius 2 is 1.77 bits per heavy atom. The maximum absolute atomic E-state index is 12.8.